The normalized spacial score (nSPS) is 26.5. The number of unbranched alkanes of at least 4 members (excludes halogenated alkanes) is 1. The topological polar surface area (TPSA) is 55.4 Å². The van der Waals surface area contributed by atoms with Gasteiger partial charge in [0.25, 0.3) is 0 Å². The van der Waals surface area contributed by atoms with E-state index in [-0.39, 0.29) is 17.8 Å². The van der Waals surface area contributed by atoms with Crippen molar-refractivity contribution < 1.29 is 14.3 Å². The summed E-state index contributed by atoms with van der Waals surface area (Å²) < 4.78 is 5.17. The fourth-order valence-corrected chi connectivity index (χ4v) is 3.33. The number of hydrogen-bond acceptors (Lipinski definition) is 3. The van der Waals surface area contributed by atoms with Gasteiger partial charge in [0.15, 0.2) is 0 Å². The number of ether oxygens (including phenoxy) is 1. The van der Waals surface area contributed by atoms with Gasteiger partial charge in [0.05, 0.1) is 6.61 Å². The van der Waals surface area contributed by atoms with Gasteiger partial charge < -0.3 is 10.1 Å². The fraction of sp³-hybridized carbons (Fsp3) is 0.889. The molecule has 0 spiro atoms. The summed E-state index contributed by atoms with van der Waals surface area (Å²) in [6.45, 7) is 10.8. The molecule has 0 aromatic heterocycles. The minimum absolute atomic E-state index is 0.0187. The molecule has 0 saturated heterocycles. The molecule has 4 heteroatoms. The van der Waals surface area contributed by atoms with Gasteiger partial charge in [-0.05, 0) is 43.9 Å². The minimum Gasteiger partial charge on any atom is -0.464 e. The first-order chi connectivity index (χ1) is 10.4. The van der Waals surface area contributed by atoms with Crippen molar-refractivity contribution in [3.05, 3.63) is 0 Å². The lowest BCUT2D eigenvalue weighted by Crippen LogP contribution is -2.46. The molecule has 0 radical (unpaired) electrons. The van der Waals surface area contributed by atoms with Gasteiger partial charge >= 0.3 is 5.97 Å². The summed E-state index contributed by atoms with van der Waals surface area (Å²) in [4.78, 5) is 24.5. The van der Waals surface area contributed by atoms with Gasteiger partial charge in [0.2, 0.25) is 5.91 Å². The Kier molecular flexibility index (Phi) is 7.91. The minimum atomic E-state index is -0.561. The summed E-state index contributed by atoms with van der Waals surface area (Å²) in [6, 6.07) is -0.561. The van der Waals surface area contributed by atoms with E-state index < -0.39 is 6.04 Å². The highest BCUT2D eigenvalue weighted by molar-refractivity contribution is 5.85. The second-order valence-corrected chi connectivity index (χ2v) is 7.18. The van der Waals surface area contributed by atoms with E-state index in [9.17, 15) is 9.59 Å². The molecule has 4 atom stereocenters. The predicted molar refractivity (Wildman–Crippen MR) is 88.3 cm³/mol. The maximum absolute atomic E-state index is 12.6. The Morgan fingerprint density at radius 2 is 1.91 bits per heavy atom. The van der Waals surface area contributed by atoms with Gasteiger partial charge in [-0.15, -0.1) is 0 Å². The van der Waals surface area contributed by atoms with Crippen molar-refractivity contribution in [1.29, 1.82) is 0 Å². The van der Waals surface area contributed by atoms with Crippen LogP contribution in [0, 0.1) is 23.7 Å². The quantitative estimate of drug-likeness (QED) is 0.578. The van der Waals surface area contributed by atoms with Crippen LogP contribution in [-0.2, 0) is 14.3 Å². The standard InChI is InChI=1S/C18H33NO3/c1-6-7-10-22-18(21)14(5)19-17(20)16-11-13(4)8-9-15(16)12(2)3/h12-16H,6-11H2,1-5H3,(H,19,20)/t13-,14-,15+,16-/m1/s1. The summed E-state index contributed by atoms with van der Waals surface area (Å²) in [5.41, 5.74) is 0. The molecular weight excluding hydrogens is 278 g/mol. The van der Waals surface area contributed by atoms with Crippen LogP contribution in [0.3, 0.4) is 0 Å². The average molecular weight is 311 g/mol. The molecule has 4 nitrogen and oxygen atoms in total. The summed E-state index contributed by atoms with van der Waals surface area (Å²) in [6.07, 6.45) is 5.08. The summed E-state index contributed by atoms with van der Waals surface area (Å²) >= 11 is 0. The Morgan fingerprint density at radius 1 is 1.23 bits per heavy atom. The van der Waals surface area contributed by atoms with Gasteiger partial charge in [0, 0.05) is 5.92 Å². The molecule has 1 rings (SSSR count). The van der Waals surface area contributed by atoms with E-state index in [0.29, 0.717) is 24.4 Å². The molecule has 1 aliphatic carbocycles. The molecule has 0 heterocycles. The summed E-state index contributed by atoms with van der Waals surface area (Å²) in [5, 5.41) is 2.87. The van der Waals surface area contributed by atoms with Crippen LogP contribution in [0.5, 0.6) is 0 Å². The monoisotopic (exact) mass is 311 g/mol. The van der Waals surface area contributed by atoms with Crippen LogP contribution < -0.4 is 5.32 Å². The Hall–Kier alpha value is -1.06. The first-order valence-electron chi connectivity index (χ1n) is 8.83. The highest BCUT2D eigenvalue weighted by atomic mass is 16.5. The SMILES string of the molecule is CCCCOC(=O)[C@@H](C)NC(=O)[C@@H]1C[C@H](C)CC[C@H]1C(C)C. The number of rotatable bonds is 7. The molecule has 0 aliphatic heterocycles. The second-order valence-electron chi connectivity index (χ2n) is 7.18. The summed E-state index contributed by atoms with van der Waals surface area (Å²) in [5.74, 6) is 1.21. The van der Waals surface area contributed by atoms with Gasteiger partial charge in [-0.2, -0.15) is 0 Å². The summed E-state index contributed by atoms with van der Waals surface area (Å²) in [7, 11) is 0. The van der Waals surface area contributed by atoms with E-state index in [2.05, 4.69) is 33.0 Å². The number of nitrogens with one attached hydrogen (secondary N) is 1. The van der Waals surface area contributed by atoms with Crippen LogP contribution >= 0.6 is 0 Å². The average Bonchev–Trinajstić information content (AvgIpc) is 2.46. The van der Waals surface area contributed by atoms with E-state index in [4.69, 9.17) is 4.74 Å². The van der Waals surface area contributed by atoms with E-state index in [1.807, 2.05) is 0 Å². The lowest BCUT2D eigenvalue weighted by atomic mass is 9.69. The molecule has 0 aromatic rings. The highest BCUT2D eigenvalue weighted by Crippen LogP contribution is 2.38. The molecule has 0 aromatic carbocycles. The molecule has 1 N–H and O–H groups in total. The first-order valence-corrected chi connectivity index (χ1v) is 8.83. The number of carbonyl (C=O) groups excluding carboxylic acids is 2. The molecule has 1 amide bonds. The van der Waals surface area contributed by atoms with Crippen LogP contribution in [0.2, 0.25) is 0 Å². The molecule has 22 heavy (non-hydrogen) atoms. The third kappa shape index (κ3) is 5.62. The van der Waals surface area contributed by atoms with Crippen molar-refractivity contribution in [2.45, 2.75) is 72.8 Å². The molecular formula is C18H33NO3. The van der Waals surface area contributed by atoms with Crippen LogP contribution in [0.1, 0.15) is 66.7 Å². The van der Waals surface area contributed by atoms with Gasteiger partial charge in [-0.1, -0.05) is 40.5 Å². The van der Waals surface area contributed by atoms with Crippen molar-refractivity contribution in [1.82, 2.24) is 5.32 Å². The van der Waals surface area contributed by atoms with Crippen molar-refractivity contribution >= 4 is 11.9 Å². The zero-order valence-electron chi connectivity index (χ0n) is 14.9. The molecule has 128 valence electrons. The lowest BCUT2D eigenvalue weighted by Gasteiger charge is -2.36. The Bertz CT molecular complexity index is 367. The van der Waals surface area contributed by atoms with Crippen LogP contribution in [0.15, 0.2) is 0 Å². The molecule has 0 bridgehead atoms. The van der Waals surface area contributed by atoms with Crippen molar-refractivity contribution in [2.75, 3.05) is 6.61 Å². The van der Waals surface area contributed by atoms with Crippen LogP contribution in [0.25, 0.3) is 0 Å². The van der Waals surface area contributed by atoms with E-state index in [1.54, 1.807) is 6.92 Å². The maximum atomic E-state index is 12.6. The van der Waals surface area contributed by atoms with E-state index in [0.717, 1.165) is 25.7 Å². The molecule has 1 saturated carbocycles. The van der Waals surface area contributed by atoms with Crippen molar-refractivity contribution in [3.8, 4) is 0 Å². The predicted octanol–water partition coefficient (Wildman–Crippen LogP) is 3.54. The first kappa shape index (κ1) is 19.0. The number of esters is 1. The lowest BCUT2D eigenvalue weighted by molar-refractivity contribution is -0.148. The van der Waals surface area contributed by atoms with E-state index in [1.165, 1.54) is 6.42 Å². The smallest absolute Gasteiger partial charge is 0.328 e. The van der Waals surface area contributed by atoms with Gasteiger partial charge in [-0.3, -0.25) is 4.79 Å². The Balaban J connectivity index is 2.55. The van der Waals surface area contributed by atoms with Crippen molar-refractivity contribution in [2.24, 2.45) is 23.7 Å². The maximum Gasteiger partial charge on any atom is 0.328 e. The van der Waals surface area contributed by atoms with E-state index >= 15 is 0 Å². The molecule has 1 aliphatic rings. The number of carbonyl (C=O) groups is 2. The second kappa shape index (κ2) is 9.16. The Labute approximate surface area is 135 Å². The Morgan fingerprint density at radius 3 is 2.50 bits per heavy atom. The zero-order valence-corrected chi connectivity index (χ0v) is 14.9. The zero-order chi connectivity index (χ0) is 16.7. The largest absolute Gasteiger partial charge is 0.464 e. The van der Waals surface area contributed by atoms with Gasteiger partial charge in [-0.25, -0.2) is 4.79 Å². The number of amides is 1. The van der Waals surface area contributed by atoms with Crippen molar-refractivity contribution in [3.63, 3.8) is 0 Å². The van der Waals surface area contributed by atoms with Gasteiger partial charge in [0.1, 0.15) is 6.04 Å². The highest BCUT2D eigenvalue weighted by Gasteiger charge is 2.36. The van der Waals surface area contributed by atoms with Crippen LogP contribution in [-0.4, -0.2) is 24.5 Å². The van der Waals surface area contributed by atoms with Crippen LogP contribution in [0.4, 0.5) is 0 Å². The number of hydrogen-bond donors (Lipinski definition) is 1. The third-order valence-electron chi connectivity index (χ3n) is 4.81. The molecule has 1 fully saturated rings. The fourth-order valence-electron chi connectivity index (χ4n) is 3.33. The molecule has 0 unspecified atom stereocenters. The third-order valence-corrected chi connectivity index (χ3v) is 4.81.